The summed E-state index contributed by atoms with van der Waals surface area (Å²) in [6.07, 6.45) is 1.83. The predicted octanol–water partition coefficient (Wildman–Crippen LogP) is 7.23. The highest BCUT2D eigenvalue weighted by Crippen LogP contribution is 2.54. The lowest BCUT2D eigenvalue weighted by atomic mass is 9.85. The highest BCUT2D eigenvalue weighted by Gasteiger charge is 2.40. The fourth-order valence-electron chi connectivity index (χ4n) is 6.45. The Kier molecular flexibility index (Phi) is 2.47. The molecule has 4 heterocycles. The van der Waals surface area contributed by atoms with Gasteiger partial charge in [-0.25, -0.2) is 0 Å². The average Bonchev–Trinajstić information content (AvgIpc) is 3.46. The maximum absolute atomic E-state index is 6.05. The summed E-state index contributed by atoms with van der Waals surface area (Å²) in [5, 5.41) is 5.21. The quantitative estimate of drug-likeness (QED) is 0.263. The van der Waals surface area contributed by atoms with E-state index < -0.39 is 0 Å². The molecule has 0 amide bonds. The van der Waals surface area contributed by atoms with Crippen LogP contribution in [0.1, 0.15) is 25.1 Å². The Hall–Kier alpha value is -3.72. The van der Waals surface area contributed by atoms with Crippen molar-refractivity contribution in [1.29, 1.82) is 0 Å². The Bertz CT molecular complexity index is 1870. The molecule has 0 aliphatic heterocycles. The first kappa shape index (κ1) is 16.0. The normalized spacial score (nSPS) is 15.2. The van der Waals surface area contributed by atoms with E-state index in [1.807, 2.05) is 6.26 Å². The summed E-state index contributed by atoms with van der Waals surface area (Å²) in [6.45, 7) is 4.73. The molecular weight excluding hydrogens is 380 g/mol. The first-order valence-corrected chi connectivity index (χ1v) is 10.9. The molecule has 0 bridgehead atoms. The first-order chi connectivity index (χ1) is 15.1. The standard InChI is InChI=1S/C28H20N2O/c1-28(2)18-9-5-4-7-15(18)22-16-8-6-10-19-23(16)24-20(29(19)3)12-11-17-25(24)30(27(22)28)21-13-14-31-26(17)21/h4-14H,1-3H3. The van der Waals surface area contributed by atoms with Crippen LogP contribution in [0.2, 0.25) is 0 Å². The molecule has 3 aromatic carbocycles. The van der Waals surface area contributed by atoms with Crippen LogP contribution in [-0.2, 0) is 12.5 Å². The van der Waals surface area contributed by atoms with E-state index in [0.717, 1.165) is 11.1 Å². The number of hydrogen-bond donors (Lipinski definition) is 0. The number of fused-ring (bicyclic) bond motifs is 8. The van der Waals surface area contributed by atoms with Crippen LogP contribution in [0.3, 0.4) is 0 Å². The van der Waals surface area contributed by atoms with Gasteiger partial charge in [0.1, 0.15) is 0 Å². The Morgan fingerprint density at radius 1 is 0.774 bits per heavy atom. The largest absolute Gasteiger partial charge is 0.462 e. The van der Waals surface area contributed by atoms with E-state index in [-0.39, 0.29) is 5.41 Å². The second-order valence-electron chi connectivity index (χ2n) is 9.48. The smallest absolute Gasteiger partial charge is 0.159 e. The molecular formula is C28H20N2O. The van der Waals surface area contributed by atoms with Gasteiger partial charge in [0.2, 0.25) is 0 Å². The average molecular weight is 400 g/mol. The minimum atomic E-state index is -0.127. The molecule has 4 aromatic heterocycles. The molecule has 3 heteroatoms. The second kappa shape index (κ2) is 4.78. The molecule has 0 saturated heterocycles. The van der Waals surface area contributed by atoms with Gasteiger partial charge in [0.05, 0.1) is 22.8 Å². The van der Waals surface area contributed by atoms with E-state index in [1.54, 1.807) is 0 Å². The first-order valence-electron chi connectivity index (χ1n) is 10.9. The van der Waals surface area contributed by atoms with Crippen LogP contribution in [0, 0.1) is 0 Å². The highest BCUT2D eigenvalue weighted by atomic mass is 16.3. The fraction of sp³-hybridized carbons (Fsp3) is 0.143. The van der Waals surface area contributed by atoms with Gasteiger partial charge < -0.3 is 13.4 Å². The summed E-state index contributed by atoms with van der Waals surface area (Å²) in [5.41, 5.74) is 11.3. The molecule has 1 aliphatic carbocycles. The van der Waals surface area contributed by atoms with Gasteiger partial charge in [-0.15, -0.1) is 0 Å². The SMILES string of the molecule is Cn1c2cccc3c4c(n5c6ccoc6c6ccc1c(c32)c65)C(C)(C)c1ccccc1-4. The van der Waals surface area contributed by atoms with E-state index in [0.29, 0.717) is 0 Å². The van der Waals surface area contributed by atoms with Crippen molar-refractivity contribution in [2.24, 2.45) is 7.05 Å². The summed E-state index contributed by atoms with van der Waals surface area (Å²) < 4.78 is 10.9. The van der Waals surface area contributed by atoms with Crippen LogP contribution in [0.4, 0.5) is 0 Å². The molecule has 0 atom stereocenters. The zero-order valence-corrected chi connectivity index (χ0v) is 17.7. The van der Waals surface area contributed by atoms with Crippen molar-refractivity contribution in [3.8, 4) is 11.1 Å². The Morgan fingerprint density at radius 3 is 2.52 bits per heavy atom. The number of hydrogen-bond acceptors (Lipinski definition) is 1. The molecule has 0 radical (unpaired) electrons. The summed E-state index contributed by atoms with van der Waals surface area (Å²) in [6, 6.07) is 22.3. The number of aryl methyl sites for hydroxylation is 1. The summed E-state index contributed by atoms with van der Waals surface area (Å²) in [4.78, 5) is 0. The van der Waals surface area contributed by atoms with E-state index in [4.69, 9.17) is 4.42 Å². The number of rotatable bonds is 0. The molecule has 8 rings (SSSR count). The van der Waals surface area contributed by atoms with Gasteiger partial charge >= 0.3 is 0 Å². The summed E-state index contributed by atoms with van der Waals surface area (Å²) in [5.74, 6) is 0. The number of aromatic nitrogens is 2. The zero-order valence-electron chi connectivity index (χ0n) is 17.7. The van der Waals surface area contributed by atoms with E-state index in [9.17, 15) is 0 Å². The van der Waals surface area contributed by atoms with Gasteiger partial charge in [-0.1, -0.05) is 50.2 Å². The molecule has 0 unspecified atom stereocenters. The van der Waals surface area contributed by atoms with Gasteiger partial charge in [0, 0.05) is 51.5 Å². The number of nitrogens with zero attached hydrogens (tertiary/aromatic N) is 2. The van der Waals surface area contributed by atoms with Crippen LogP contribution in [0.5, 0.6) is 0 Å². The minimum absolute atomic E-state index is 0.127. The van der Waals surface area contributed by atoms with Gasteiger partial charge in [-0.2, -0.15) is 0 Å². The van der Waals surface area contributed by atoms with Crippen molar-refractivity contribution in [3.63, 3.8) is 0 Å². The topological polar surface area (TPSA) is 22.5 Å². The third-order valence-corrected chi connectivity index (χ3v) is 7.72. The number of furan rings is 1. The summed E-state index contributed by atoms with van der Waals surface area (Å²) in [7, 11) is 2.18. The van der Waals surface area contributed by atoms with Gasteiger partial charge in [0.15, 0.2) is 5.58 Å². The van der Waals surface area contributed by atoms with Crippen LogP contribution in [0.15, 0.2) is 71.3 Å². The van der Waals surface area contributed by atoms with Crippen LogP contribution >= 0.6 is 0 Å². The maximum atomic E-state index is 6.05. The van der Waals surface area contributed by atoms with E-state index in [2.05, 4.69) is 90.5 Å². The Labute approximate surface area is 178 Å². The molecule has 1 aliphatic rings. The van der Waals surface area contributed by atoms with Gasteiger partial charge in [-0.05, 0) is 34.7 Å². The van der Waals surface area contributed by atoms with Crippen LogP contribution in [-0.4, -0.2) is 8.97 Å². The summed E-state index contributed by atoms with van der Waals surface area (Å²) >= 11 is 0. The van der Waals surface area contributed by atoms with Crippen LogP contribution in [0.25, 0.3) is 60.3 Å². The molecule has 31 heavy (non-hydrogen) atoms. The van der Waals surface area contributed by atoms with Crippen molar-refractivity contribution in [2.45, 2.75) is 19.3 Å². The predicted molar refractivity (Wildman–Crippen MR) is 127 cm³/mol. The van der Waals surface area contributed by atoms with Crippen molar-refractivity contribution >= 4 is 49.2 Å². The molecule has 0 N–H and O–H groups in total. The lowest BCUT2D eigenvalue weighted by Gasteiger charge is -2.22. The maximum Gasteiger partial charge on any atom is 0.159 e. The number of benzene rings is 3. The Balaban J connectivity index is 1.87. The molecule has 148 valence electrons. The molecule has 0 spiro atoms. The second-order valence-corrected chi connectivity index (χ2v) is 9.48. The zero-order chi connectivity index (χ0) is 20.6. The highest BCUT2D eigenvalue weighted by molar-refractivity contribution is 6.30. The third-order valence-electron chi connectivity index (χ3n) is 7.72. The van der Waals surface area contributed by atoms with Crippen molar-refractivity contribution in [2.75, 3.05) is 0 Å². The van der Waals surface area contributed by atoms with Crippen LogP contribution < -0.4 is 0 Å². The van der Waals surface area contributed by atoms with Crippen molar-refractivity contribution in [1.82, 2.24) is 8.97 Å². The third kappa shape index (κ3) is 1.54. The van der Waals surface area contributed by atoms with Gasteiger partial charge in [0.25, 0.3) is 0 Å². The van der Waals surface area contributed by atoms with E-state index in [1.165, 1.54) is 60.5 Å². The molecule has 3 nitrogen and oxygen atoms in total. The molecule has 0 fully saturated rings. The van der Waals surface area contributed by atoms with E-state index >= 15 is 0 Å². The van der Waals surface area contributed by atoms with Crippen molar-refractivity contribution in [3.05, 3.63) is 78.2 Å². The minimum Gasteiger partial charge on any atom is -0.462 e. The van der Waals surface area contributed by atoms with Crippen molar-refractivity contribution < 1.29 is 4.42 Å². The molecule has 7 aromatic rings. The Morgan fingerprint density at radius 2 is 1.61 bits per heavy atom. The van der Waals surface area contributed by atoms with Gasteiger partial charge in [-0.3, -0.25) is 0 Å². The lowest BCUT2D eigenvalue weighted by Crippen LogP contribution is -2.18. The lowest BCUT2D eigenvalue weighted by molar-refractivity contribution is 0.618. The molecule has 0 saturated carbocycles. The fourth-order valence-corrected chi connectivity index (χ4v) is 6.45. The monoisotopic (exact) mass is 400 g/mol.